The van der Waals surface area contributed by atoms with E-state index in [0.29, 0.717) is 31.1 Å². The lowest BCUT2D eigenvalue weighted by Crippen LogP contribution is -2.48. The predicted molar refractivity (Wildman–Crippen MR) is 94.1 cm³/mol. The van der Waals surface area contributed by atoms with Gasteiger partial charge in [0.05, 0.1) is 17.1 Å². The van der Waals surface area contributed by atoms with E-state index in [1.165, 1.54) is 18.2 Å². The molecule has 3 aliphatic heterocycles. The third kappa shape index (κ3) is 3.96. The zero-order valence-electron chi connectivity index (χ0n) is 14.5. The fourth-order valence-electron chi connectivity index (χ4n) is 3.71. The Balaban J connectivity index is 1.76. The Morgan fingerprint density at radius 3 is 2.68 bits per heavy atom. The van der Waals surface area contributed by atoms with Crippen LogP contribution in [0.3, 0.4) is 0 Å². The second-order valence-corrected chi connectivity index (χ2v) is 7.57. The minimum Gasteiger partial charge on any atom is -0.348 e. The number of hydrogen-bond acceptors (Lipinski definition) is 3. The molecular formula is C18H23ClFN3O2. The average Bonchev–Trinajstić information content (AvgIpc) is 2.84. The van der Waals surface area contributed by atoms with Crippen LogP contribution >= 0.6 is 11.6 Å². The Labute approximate surface area is 152 Å². The van der Waals surface area contributed by atoms with Crippen molar-refractivity contribution in [3.05, 3.63) is 34.6 Å². The van der Waals surface area contributed by atoms with Crippen molar-refractivity contribution in [2.45, 2.75) is 18.9 Å². The zero-order valence-corrected chi connectivity index (χ0v) is 15.3. The number of benzene rings is 1. The summed E-state index contributed by atoms with van der Waals surface area (Å²) in [5.74, 6) is -0.189. The number of piperidine rings is 1. The highest BCUT2D eigenvalue weighted by Crippen LogP contribution is 2.30. The maximum Gasteiger partial charge on any atom is 0.255 e. The third-order valence-corrected chi connectivity index (χ3v) is 5.38. The number of carbonyl (C=O) groups is 2. The molecule has 0 unspecified atom stereocenters. The SMILES string of the molecule is CN(C)C(=O)CN1C[C@H]2CC[C@@H](C1)N(C(=O)c1ccc(F)cc1Cl)C2. The molecule has 0 aliphatic carbocycles. The number of fused-ring (bicyclic) bond motifs is 4. The van der Waals surface area contributed by atoms with Crippen LogP contribution in [0, 0.1) is 11.7 Å². The summed E-state index contributed by atoms with van der Waals surface area (Å²) >= 11 is 6.07. The van der Waals surface area contributed by atoms with E-state index >= 15 is 0 Å². The minimum atomic E-state index is -0.452. The molecule has 0 N–H and O–H groups in total. The molecule has 25 heavy (non-hydrogen) atoms. The van der Waals surface area contributed by atoms with Crippen LogP contribution in [-0.4, -0.2) is 72.8 Å². The molecule has 3 saturated heterocycles. The van der Waals surface area contributed by atoms with Crippen LogP contribution in [-0.2, 0) is 4.79 Å². The molecule has 7 heteroatoms. The quantitative estimate of drug-likeness (QED) is 0.821. The van der Waals surface area contributed by atoms with Gasteiger partial charge in [0.15, 0.2) is 0 Å². The van der Waals surface area contributed by atoms with Gasteiger partial charge in [-0.3, -0.25) is 14.5 Å². The van der Waals surface area contributed by atoms with Crippen LogP contribution in [0.5, 0.6) is 0 Å². The van der Waals surface area contributed by atoms with Crippen LogP contribution in [0.15, 0.2) is 18.2 Å². The van der Waals surface area contributed by atoms with E-state index in [9.17, 15) is 14.0 Å². The summed E-state index contributed by atoms with van der Waals surface area (Å²) in [6.07, 6.45) is 1.97. The van der Waals surface area contributed by atoms with Gasteiger partial charge in [-0.2, -0.15) is 0 Å². The van der Waals surface area contributed by atoms with Crippen molar-refractivity contribution in [2.24, 2.45) is 5.92 Å². The summed E-state index contributed by atoms with van der Waals surface area (Å²) in [5, 5.41) is 0.143. The van der Waals surface area contributed by atoms with Crippen molar-refractivity contribution in [1.82, 2.24) is 14.7 Å². The van der Waals surface area contributed by atoms with Crippen molar-refractivity contribution in [3.8, 4) is 0 Å². The van der Waals surface area contributed by atoms with Crippen LogP contribution in [0.4, 0.5) is 4.39 Å². The van der Waals surface area contributed by atoms with E-state index in [0.717, 1.165) is 19.4 Å². The molecule has 2 atom stereocenters. The molecule has 3 heterocycles. The molecule has 0 radical (unpaired) electrons. The molecule has 2 amide bonds. The Kier molecular flexibility index (Phi) is 5.29. The molecule has 3 aliphatic rings. The van der Waals surface area contributed by atoms with Gasteiger partial charge < -0.3 is 9.80 Å². The number of halogens is 2. The van der Waals surface area contributed by atoms with Crippen molar-refractivity contribution in [3.63, 3.8) is 0 Å². The van der Waals surface area contributed by atoms with Gasteiger partial charge in [-0.1, -0.05) is 11.6 Å². The summed E-state index contributed by atoms with van der Waals surface area (Å²) < 4.78 is 13.3. The van der Waals surface area contributed by atoms with E-state index in [1.807, 2.05) is 4.90 Å². The Morgan fingerprint density at radius 1 is 1.24 bits per heavy atom. The van der Waals surface area contributed by atoms with Crippen molar-refractivity contribution in [1.29, 1.82) is 0 Å². The number of hydrogen-bond donors (Lipinski definition) is 0. The van der Waals surface area contributed by atoms with Crippen LogP contribution < -0.4 is 0 Å². The smallest absolute Gasteiger partial charge is 0.255 e. The van der Waals surface area contributed by atoms with Crippen LogP contribution in [0.1, 0.15) is 23.2 Å². The number of amides is 2. The molecule has 1 aromatic carbocycles. The summed E-state index contributed by atoms with van der Waals surface area (Å²) in [6.45, 7) is 2.53. The fraction of sp³-hybridized carbons (Fsp3) is 0.556. The number of likely N-dealkylation sites (N-methyl/N-ethyl adjacent to an activating group) is 1. The highest BCUT2D eigenvalue weighted by molar-refractivity contribution is 6.33. The molecule has 0 spiro atoms. The zero-order chi connectivity index (χ0) is 18.1. The predicted octanol–water partition coefficient (Wildman–Crippen LogP) is 2.10. The first kappa shape index (κ1) is 18.1. The molecule has 1 aromatic rings. The summed E-state index contributed by atoms with van der Waals surface area (Å²) in [5.41, 5.74) is 0.339. The second-order valence-electron chi connectivity index (χ2n) is 7.16. The lowest BCUT2D eigenvalue weighted by atomic mass is 9.94. The topological polar surface area (TPSA) is 43.9 Å². The third-order valence-electron chi connectivity index (χ3n) is 5.07. The van der Waals surface area contributed by atoms with Crippen molar-refractivity contribution < 1.29 is 14.0 Å². The number of nitrogens with zero attached hydrogens (tertiary/aromatic N) is 3. The van der Waals surface area contributed by atoms with E-state index in [-0.39, 0.29) is 22.9 Å². The minimum absolute atomic E-state index is 0.0577. The Bertz CT molecular complexity index is 682. The lowest BCUT2D eigenvalue weighted by Gasteiger charge is -2.36. The first-order valence-corrected chi connectivity index (χ1v) is 8.91. The van der Waals surface area contributed by atoms with Gasteiger partial charge >= 0.3 is 0 Å². The Morgan fingerprint density at radius 2 is 2.00 bits per heavy atom. The summed E-state index contributed by atoms with van der Waals surface area (Å²) in [4.78, 5) is 30.5. The van der Waals surface area contributed by atoms with E-state index in [1.54, 1.807) is 19.0 Å². The van der Waals surface area contributed by atoms with E-state index in [2.05, 4.69) is 4.90 Å². The molecule has 3 fully saturated rings. The molecule has 0 saturated carbocycles. The average molecular weight is 368 g/mol. The van der Waals surface area contributed by atoms with E-state index < -0.39 is 5.82 Å². The maximum absolute atomic E-state index is 13.3. The standard InChI is InChI=1S/C18H23ClFN3O2/c1-21(2)17(24)11-22-8-12-3-5-14(10-22)23(9-12)18(25)15-6-4-13(20)7-16(15)19/h4,6-7,12,14H,3,5,8-11H2,1-2H3/t12-,14+/m1/s1. The Hall–Kier alpha value is -1.66. The first-order valence-electron chi connectivity index (χ1n) is 8.53. The molecule has 0 aromatic heterocycles. The van der Waals surface area contributed by atoms with Gasteiger partial charge in [-0.05, 0) is 37.0 Å². The van der Waals surface area contributed by atoms with Crippen LogP contribution in [0.2, 0.25) is 5.02 Å². The fourth-order valence-corrected chi connectivity index (χ4v) is 3.96. The van der Waals surface area contributed by atoms with Gasteiger partial charge in [-0.25, -0.2) is 4.39 Å². The van der Waals surface area contributed by atoms with Gasteiger partial charge in [0.25, 0.3) is 5.91 Å². The molecule has 5 nitrogen and oxygen atoms in total. The lowest BCUT2D eigenvalue weighted by molar-refractivity contribution is -0.129. The molecule has 4 rings (SSSR count). The van der Waals surface area contributed by atoms with Gasteiger partial charge in [0.1, 0.15) is 5.82 Å². The maximum atomic E-state index is 13.3. The molecule has 2 bridgehead atoms. The highest BCUT2D eigenvalue weighted by atomic mass is 35.5. The largest absolute Gasteiger partial charge is 0.348 e. The number of rotatable bonds is 3. The van der Waals surface area contributed by atoms with Crippen molar-refractivity contribution >= 4 is 23.4 Å². The van der Waals surface area contributed by atoms with Gasteiger partial charge in [0, 0.05) is 39.8 Å². The van der Waals surface area contributed by atoms with Gasteiger partial charge in [-0.15, -0.1) is 0 Å². The van der Waals surface area contributed by atoms with E-state index in [4.69, 9.17) is 11.6 Å². The normalized spacial score (nSPS) is 23.4. The highest BCUT2D eigenvalue weighted by Gasteiger charge is 2.38. The summed E-state index contributed by atoms with van der Waals surface area (Å²) in [7, 11) is 3.50. The summed E-state index contributed by atoms with van der Waals surface area (Å²) in [6, 6.07) is 3.94. The second kappa shape index (κ2) is 7.30. The number of carbonyl (C=O) groups excluding carboxylic acids is 2. The monoisotopic (exact) mass is 367 g/mol. The van der Waals surface area contributed by atoms with Crippen molar-refractivity contribution in [2.75, 3.05) is 40.3 Å². The van der Waals surface area contributed by atoms with Gasteiger partial charge in [0.2, 0.25) is 5.91 Å². The molecule has 136 valence electrons. The van der Waals surface area contributed by atoms with Crippen LogP contribution in [0.25, 0.3) is 0 Å². The first-order chi connectivity index (χ1) is 11.8. The molecular weight excluding hydrogens is 345 g/mol.